The topological polar surface area (TPSA) is 91.2 Å². The van der Waals surface area contributed by atoms with Gasteiger partial charge in [-0.25, -0.2) is 9.97 Å². The maximum Gasteiger partial charge on any atom is 0.233 e. The van der Waals surface area contributed by atoms with Gasteiger partial charge >= 0.3 is 0 Å². The van der Waals surface area contributed by atoms with E-state index in [0.29, 0.717) is 37.2 Å². The van der Waals surface area contributed by atoms with Gasteiger partial charge < -0.3 is 14.8 Å². The Balaban J connectivity index is 1.47. The van der Waals surface area contributed by atoms with Crippen molar-refractivity contribution in [3.63, 3.8) is 0 Å². The molecule has 1 saturated carbocycles. The van der Waals surface area contributed by atoms with Gasteiger partial charge in [0.2, 0.25) is 5.91 Å². The van der Waals surface area contributed by atoms with Crippen LogP contribution in [0.25, 0.3) is 33.4 Å². The average molecular weight is 456 g/mol. The smallest absolute Gasteiger partial charge is 0.233 e. The van der Waals surface area contributed by atoms with Gasteiger partial charge in [-0.15, -0.1) is 0 Å². The summed E-state index contributed by atoms with van der Waals surface area (Å²) in [5.41, 5.74) is 4.44. The highest BCUT2D eigenvalue weighted by atomic mass is 16.5. The molecule has 1 aliphatic carbocycles. The van der Waals surface area contributed by atoms with E-state index in [1.165, 1.54) is 0 Å². The number of aryl methyl sites for hydroxylation is 1. The van der Waals surface area contributed by atoms with Crippen molar-refractivity contribution in [1.29, 1.82) is 0 Å². The quantitative estimate of drug-likeness (QED) is 0.471. The lowest BCUT2D eigenvalue weighted by atomic mass is 10.0. The summed E-state index contributed by atoms with van der Waals surface area (Å²) >= 11 is 0. The van der Waals surface area contributed by atoms with E-state index >= 15 is 0 Å². The van der Waals surface area contributed by atoms with Crippen LogP contribution in [0.1, 0.15) is 13.3 Å². The lowest BCUT2D eigenvalue weighted by Crippen LogP contribution is -2.27. The van der Waals surface area contributed by atoms with Crippen LogP contribution in [0, 0.1) is 11.3 Å². The van der Waals surface area contributed by atoms with Gasteiger partial charge in [0.05, 0.1) is 42.1 Å². The van der Waals surface area contributed by atoms with Gasteiger partial charge in [0.1, 0.15) is 17.8 Å². The molecule has 1 N–H and O–H groups in total. The Morgan fingerprint density at radius 2 is 2.09 bits per heavy atom. The normalized spacial score (nSPS) is 20.8. The third-order valence-corrected chi connectivity index (χ3v) is 6.78. The summed E-state index contributed by atoms with van der Waals surface area (Å²) < 4.78 is 13.2. The number of hydrogen-bond acceptors (Lipinski definition) is 6. The lowest BCUT2D eigenvalue weighted by molar-refractivity contribution is -0.121. The van der Waals surface area contributed by atoms with E-state index < -0.39 is 5.41 Å². The number of ether oxygens (including phenoxy) is 2. The van der Waals surface area contributed by atoms with Crippen molar-refractivity contribution in [1.82, 2.24) is 19.7 Å². The molecule has 8 heteroatoms. The monoisotopic (exact) mass is 455 g/mol. The van der Waals surface area contributed by atoms with Crippen LogP contribution in [0.4, 0.5) is 5.69 Å². The molecule has 1 amide bonds. The zero-order valence-electron chi connectivity index (χ0n) is 19.1. The molecular weight excluding hydrogens is 430 g/mol. The fourth-order valence-corrected chi connectivity index (χ4v) is 4.89. The fourth-order valence-electron chi connectivity index (χ4n) is 4.89. The van der Waals surface area contributed by atoms with Crippen molar-refractivity contribution in [2.45, 2.75) is 13.3 Å². The largest absolute Gasteiger partial charge is 0.492 e. The van der Waals surface area contributed by atoms with Crippen molar-refractivity contribution >= 4 is 22.5 Å². The zero-order chi connectivity index (χ0) is 23.3. The zero-order valence-corrected chi connectivity index (χ0v) is 19.1. The molecule has 2 aliphatic rings. The maximum absolute atomic E-state index is 13.2. The summed E-state index contributed by atoms with van der Waals surface area (Å²) in [7, 11) is 1.90. The number of carbonyl (C=O) groups is 1. The summed E-state index contributed by atoms with van der Waals surface area (Å²) in [5.74, 6) is 0.890. The molecule has 34 heavy (non-hydrogen) atoms. The third-order valence-electron chi connectivity index (χ3n) is 6.78. The molecule has 1 saturated heterocycles. The Labute approximate surface area is 196 Å². The molecule has 8 nitrogen and oxygen atoms in total. The molecule has 4 aromatic rings. The summed E-state index contributed by atoms with van der Waals surface area (Å²) in [5, 5.41) is 8.64. The first-order valence-corrected chi connectivity index (χ1v) is 11.5. The molecule has 2 aromatic heterocycles. The predicted octanol–water partition coefficient (Wildman–Crippen LogP) is 4.07. The Morgan fingerprint density at radius 3 is 2.82 bits per heavy atom. The van der Waals surface area contributed by atoms with E-state index in [2.05, 4.69) is 15.3 Å². The summed E-state index contributed by atoms with van der Waals surface area (Å²) in [4.78, 5) is 22.3. The number of fused-ring (bicyclic) bond motifs is 2. The van der Waals surface area contributed by atoms with Crippen LogP contribution in [-0.2, 0) is 16.6 Å². The summed E-state index contributed by atoms with van der Waals surface area (Å²) in [6.07, 6.45) is 4.39. The minimum Gasteiger partial charge on any atom is -0.492 e. The van der Waals surface area contributed by atoms with Crippen LogP contribution in [-0.4, -0.2) is 45.5 Å². The van der Waals surface area contributed by atoms with Gasteiger partial charge in [0.25, 0.3) is 0 Å². The number of benzene rings is 2. The van der Waals surface area contributed by atoms with E-state index in [1.54, 1.807) is 11.0 Å². The summed E-state index contributed by atoms with van der Waals surface area (Å²) in [6, 6.07) is 13.8. The van der Waals surface area contributed by atoms with Gasteiger partial charge in [-0.1, -0.05) is 30.3 Å². The molecule has 172 valence electrons. The molecular formula is C26H25N5O3. The van der Waals surface area contributed by atoms with E-state index in [-0.39, 0.29) is 5.91 Å². The Morgan fingerprint density at radius 1 is 1.24 bits per heavy atom. The number of nitrogens with one attached hydrogen (secondary N) is 1. The first kappa shape index (κ1) is 20.8. The molecule has 3 heterocycles. The lowest BCUT2D eigenvalue weighted by Gasteiger charge is -2.17. The molecule has 0 bridgehead atoms. The third kappa shape index (κ3) is 3.33. The number of rotatable bonds is 6. The fraction of sp³-hybridized carbons (Fsp3) is 0.308. The molecule has 0 radical (unpaired) electrons. The van der Waals surface area contributed by atoms with Crippen LogP contribution in [0.2, 0.25) is 0 Å². The molecule has 2 atom stereocenters. The van der Waals surface area contributed by atoms with Crippen molar-refractivity contribution in [3.05, 3.63) is 55.0 Å². The number of carbonyl (C=O) groups excluding carboxylic acids is 1. The van der Waals surface area contributed by atoms with Gasteiger partial charge in [-0.05, 0) is 19.4 Å². The Hall–Kier alpha value is -3.78. The second-order valence-electron chi connectivity index (χ2n) is 8.98. The summed E-state index contributed by atoms with van der Waals surface area (Å²) in [6.45, 7) is 3.53. The van der Waals surface area contributed by atoms with Gasteiger partial charge in [0, 0.05) is 41.7 Å². The van der Waals surface area contributed by atoms with Gasteiger partial charge in [0.15, 0.2) is 0 Å². The molecule has 0 spiro atoms. The minimum absolute atomic E-state index is 0.0138. The van der Waals surface area contributed by atoms with Crippen molar-refractivity contribution in [3.8, 4) is 28.3 Å². The van der Waals surface area contributed by atoms with Crippen LogP contribution in [0.3, 0.4) is 0 Å². The number of aromatic nitrogens is 4. The number of anilines is 1. The standard InChI is InChI=1S/C26H25N5O3/c1-3-34-22-10-20-18(9-21(22)29-25(32)26-11-17(26)13-33-14-26)24(28-15-27-20)19-12-31(2)30-23(19)16-7-5-4-6-8-16/h4-10,12,15,17H,3,11,13-14H2,1-2H3,(H,29,32)/t17-,26-/m1/s1. The molecule has 6 rings (SSSR count). The van der Waals surface area contributed by atoms with E-state index in [9.17, 15) is 4.79 Å². The highest BCUT2D eigenvalue weighted by Gasteiger charge is 2.63. The van der Waals surface area contributed by atoms with E-state index in [0.717, 1.165) is 39.8 Å². The van der Waals surface area contributed by atoms with E-state index in [1.807, 2.05) is 62.6 Å². The molecule has 2 aromatic carbocycles. The number of amides is 1. The van der Waals surface area contributed by atoms with Crippen LogP contribution in [0.15, 0.2) is 55.0 Å². The van der Waals surface area contributed by atoms with Crippen molar-refractivity contribution in [2.75, 3.05) is 25.1 Å². The SMILES string of the molecule is CCOc1cc2ncnc(-c3cn(C)nc3-c3ccccc3)c2cc1NC(=O)[C@]12COC[C@H]1C2. The van der Waals surface area contributed by atoms with E-state index in [4.69, 9.17) is 14.6 Å². The van der Waals surface area contributed by atoms with Crippen LogP contribution >= 0.6 is 0 Å². The first-order valence-electron chi connectivity index (χ1n) is 11.5. The molecule has 1 aliphatic heterocycles. The Kier molecular flexibility index (Phi) is 4.84. The minimum atomic E-state index is -0.404. The first-order chi connectivity index (χ1) is 16.6. The average Bonchev–Trinajstić information content (AvgIpc) is 3.19. The highest BCUT2D eigenvalue weighted by molar-refractivity contribution is 6.04. The highest BCUT2D eigenvalue weighted by Crippen LogP contribution is 2.57. The van der Waals surface area contributed by atoms with Crippen molar-refractivity contribution < 1.29 is 14.3 Å². The predicted molar refractivity (Wildman–Crippen MR) is 128 cm³/mol. The van der Waals surface area contributed by atoms with Crippen molar-refractivity contribution in [2.24, 2.45) is 18.4 Å². The number of nitrogens with zero attached hydrogens (tertiary/aromatic N) is 4. The molecule has 2 fully saturated rings. The number of hydrogen-bond donors (Lipinski definition) is 1. The van der Waals surface area contributed by atoms with Gasteiger partial charge in [-0.2, -0.15) is 5.10 Å². The van der Waals surface area contributed by atoms with Crippen LogP contribution in [0.5, 0.6) is 5.75 Å². The second-order valence-corrected chi connectivity index (χ2v) is 8.98. The van der Waals surface area contributed by atoms with Crippen LogP contribution < -0.4 is 10.1 Å². The molecule has 0 unspecified atom stereocenters. The van der Waals surface area contributed by atoms with Gasteiger partial charge in [-0.3, -0.25) is 9.48 Å². The second kappa shape index (κ2) is 7.92. The Bertz CT molecular complexity index is 1400. The maximum atomic E-state index is 13.2.